The van der Waals surface area contributed by atoms with Crippen LogP contribution in [0.4, 0.5) is 5.69 Å². The lowest BCUT2D eigenvalue weighted by atomic mass is 9.89. The standard InChI is InChI=1S/C26H32N2O/c1-28(2)25-13-9-22(10-14-25)20-27-18-17-24(19-21-7-5-4-6-8-21)23-11-15-26(29-3)16-12-23/h4-16,24,27H,17-20H2,1-3H3/t24-/m1/s1. The molecule has 0 saturated carbocycles. The van der Waals surface area contributed by atoms with Gasteiger partial charge in [0.2, 0.25) is 0 Å². The van der Waals surface area contributed by atoms with Crippen LogP contribution in [0.25, 0.3) is 0 Å². The van der Waals surface area contributed by atoms with Gasteiger partial charge in [0.25, 0.3) is 0 Å². The van der Waals surface area contributed by atoms with Gasteiger partial charge >= 0.3 is 0 Å². The highest BCUT2D eigenvalue weighted by atomic mass is 16.5. The number of ether oxygens (including phenoxy) is 1. The number of nitrogens with zero attached hydrogens (tertiary/aromatic N) is 1. The van der Waals surface area contributed by atoms with Gasteiger partial charge in [-0.2, -0.15) is 0 Å². The van der Waals surface area contributed by atoms with Crippen LogP contribution >= 0.6 is 0 Å². The first-order valence-electron chi connectivity index (χ1n) is 10.3. The molecule has 1 atom stereocenters. The Labute approximate surface area is 175 Å². The molecule has 0 aliphatic carbocycles. The Kier molecular flexibility index (Phi) is 7.71. The first-order chi connectivity index (χ1) is 14.2. The second-order valence-corrected chi connectivity index (χ2v) is 7.69. The monoisotopic (exact) mass is 388 g/mol. The average Bonchev–Trinajstić information content (AvgIpc) is 2.77. The van der Waals surface area contributed by atoms with Crippen molar-refractivity contribution in [2.45, 2.75) is 25.3 Å². The van der Waals surface area contributed by atoms with Crippen LogP contribution in [0.3, 0.4) is 0 Å². The summed E-state index contributed by atoms with van der Waals surface area (Å²) in [5.74, 6) is 1.39. The topological polar surface area (TPSA) is 24.5 Å². The number of nitrogens with one attached hydrogen (secondary N) is 1. The highest BCUT2D eigenvalue weighted by molar-refractivity contribution is 5.46. The molecule has 0 heterocycles. The molecule has 0 fully saturated rings. The Morgan fingerprint density at radius 1 is 0.828 bits per heavy atom. The van der Waals surface area contributed by atoms with Gasteiger partial charge in [0.05, 0.1) is 7.11 Å². The highest BCUT2D eigenvalue weighted by Crippen LogP contribution is 2.26. The van der Waals surface area contributed by atoms with Crippen LogP contribution in [0.1, 0.15) is 29.0 Å². The molecule has 0 aliphatic rings. The fraction of sp³-hybridized carbons (Fsp3) is 0.308. The molecule has 3 heteroatoms. The lowest BCUT2D eigenvalue weighted by Crippen LogP contribution is -2.18. The van der Waals surface area contributed by atoms with E-state index in [1.54, 1.807) is 7.11 Å². The van der Waals surface area contributed by atoms with Crippen molar-refractivity contribution in [2.75, 3.05) is 32.6 Å². The summed E-state index contributed by atoms with van der Waals surface area (Å²) in [5.41, 5.74) is 5.30. The maximum absolute atomic E-state index is 5.32. The summed E-state index contributed by atoms with van der Waals surface area (Å²) in [6, 6.07) is 28.0. The quantitative estimate of drug-likeness (QED) is 0.479. The van der Waals surface area contributed by atoms with Gasteiger partial charge in [0.15, 0.2) is 0 Å². The molecule has 0 saturated heterocycles. The zero-order valence-electron chi connectivity index (χ0n) is 17.8. The smallest absolute Gasteiger partial charge is 0.118 e. The molecule has 0 unspecified atom stereocenters. The molecular formula is C26H32N2O. The van der Waals surface area contributed by atoms with Crippen molar-refractivity contribution in [3.05, 3.63) is 95.6 Å². The summed E-state index contributed by atoms with van der Waals surface area (Å²) in [6.45, 7) is 1.88. The van der Waals surface area contributed by atoms with Gasteiger partial charge in [-0.05, 0) is 66.3 Å². The molecule has 3 nitrogen and oxygen atoms in total. The van der Waals surface area contributed by atoms with E-state index >= 15 is 0 Å². The number of anilines is 1. The van der Waals surface area contributed by atoms with Crippen molar-refractivity contribution in [3.8, 4) is 5.75 Å². The van der Waals surface area contributed by atoms with E-state index in [-0.39, 0.29) is 0 Å². The molecule has 3 rings (SSSR count). The van der Waals surface area contributed by atoms with E-state index < -0.39 is 0 Å². The summed E-state index contributed by atoms with van der Waals surface area (Å²) in [6.07, 6.45) is 2.14. The molecule has 0 aromatic heterocycles. The zero-order valence-corrected chi connectivity index (χ0v) is 17.8. The Morgan fingerprint density at radius 3 is 2.14 bits per heavy atom. The van der Waals surface area contributed by atoms with Crippen LogP contribution < -0.4 is 15.0 Å². The summed E-state index contributed by atoms with van der Waals surface area (Å²) in [4.78, 5) is 2.13. The van der Waals surface area contributed by atoms with Crippen molar-refractivity contribution in [2.24, 2.45) is 0 Å². The maximum Gasteiger partial charge on any atom is 0.118 e. The van der Waals surface area contributed by atoms with Gasteiger partial charge in [-0.3, -0.25) is 0 Å². The molecule has 0 bridgehead atoms. The van der Waals surface area contributed by atoms with E-state index in [4.69, 9.17) is 4.74 Å². The number of rotatable bonds is 10. The minimum atomic E-state index is 0.479. The number of benzene rings is 3. The Morgan fingerprint density at radius 2 is 1.52 bits per heavy atom. The fourth-order valence-corrected chi connectivity index (χ4v) is 3.58. The predicted octanol–water partition coefficient (Wildman–Crippen LogP) is 5.27. The molecule has 0 spiro atoms. The fourth-order valence-electron chi connectivity index (χ4n) is 3.58. The zero-order chi connectivity index (χ0) is 20.5. The molecule has 3 aromatic carbocycles. The average molecular weight is 389 g/mol. The van der Waals surface area contributed by atoms with E-state index in [1.807, 2.05) is 0 Å². The largest absolute Gasteiger partial charge is 0.497 e. The molecule has 0 amide bonds. The van der Waals surface area contributed by atoms with Gasteiger partial charge in [0, 0.05) is 26.3 Å². The third-order valence-corrected chi connectivity index (χ3v) is 5.36. The highest BCUT2D eigenvalue weighted by Gasteiger charge is 2.12. The van der Waals surface area contributed by atoms with E-state index in [0.29, 0.717) is 5.92 Å². The van der Waals surface area contributed by atoms with Gasteiger partial charge in [-0.15, -0.1) is 0 Å². The normalized spacial score (nSPS) is 11.8. The molecule has 152 valence electrons. The van der Waals surface area contributed by atoms with Crippen molar-refractivity contribution >= 4 is 5.69 Å². The van der Waals surface area contributed by atoms with Gasteiger partial charge in [0.1, 0.15) is 5.75 Å². The van der Waals surface area contributed by atoms with Crippen molar-refractivity contribution in [3.63, 3.8) is 0 Å². The number of hydrogen-bond acceptors (Lipinski definition) is 3. The molecule has 3 aromatic rings. The van der Waals surface area contributed by atoms with E-state index in [2.05, 4.69) is 103 Å². The van der Waals surface area contributed by atoms with Crippen molar-refractivity contribution in [1.82, 2.24) is 5.32 Å². The number of hydrogen-bond donors (Lipinski definition) is 1. The summed E-state index contributed by atoms with van der Waals surface area (Å²) >= 11 is 0. The third kappa shape index (κ3) is 6.37. The summed E-state index contributed by atoms with van der Waals surface area (Å²) < 4.78 is 5.32. The van der Waals surface area contributed by atoms with Crippen LogP contribution in [0.15, 0.2) is 78.9 Å². The second-order valence-electron chi connectivity index (χ2n) is 7.69. The summed E-state index contributed by atoms with van der Waals surface area (Å²) in [7, 11) is 5.85. The first kappa shape index (κ1) is 20.9. The number of methoxy groups -OCH3 is 1. The lowest BCUT2D eigenvalue weighted by molar-refractivity contribution is 0.414. The van der Waals surface area contributed by atoms with Crippen LogP contribution in [0.2, 0.25) is 0 Å². The van der Waals surface area contributed by atoms with Gasteiger partial charge in [-0.1, -0.05) is 54.6 Å². The third-order valence-electron chi connectivity index (χ3n) is 5.36. The SMILES string of the molecule is COc1ccc([C@H](CCNCc2ccc(N(C)C)cc2)Cc2ccccc2)cc1. The first-order valence-corrected chi connectivity index (χ1v) is 10.3. The Balaban J connectivity index is 1.58. The lowest BCUT2D eigenvalue weighted by Gasteiger charge is -2.19. The van der Waals surface area contributed by atoms with Crippen LogP contribution in [0.5, 0.6) is 5.75 Å². The molecule has 0 aliphatic heterocycles. The second kappa shape index (κ2) is 10.7. The van der Waals surface area contributed by atoms with Crippen LogP contribution in [0, 0.1) is 0 Å². The van der Waals surface area contributed by atoms with Crippen molar-refractivity contribution < 1.29 is 4.74 Å². The minimum Gasteiger partial charge on any atom is -0.497 e. The van der Waals surface area contributed by atoms with E-state index in [1.165, 1.54) is 22.4 Å². The predicted molar refractivity (Wildman–Crippen MR) is 123 cm³/mol. The minimum absolute atomic E-state index is 0.479. The van der Waals surface area contributed by atoms with Gasteiger partial charge < -0.3 is 15.0 Å². The van der Waals surface area contributed by atoms with Crippen LogP contribution in [-0.2, 0) is 13.0 Å². The molecular weight excluding hydrogens is 356 g/mol. The van der Waals surface area contributed by atoms with Gasteiger partial charge in [-0.25, -0.2) is 0 Å². The van der Waals surface area contributed by atoms with E-state index in [0.717, 1.165) is 31.7 Å². The van der Waals surface area contributed by atoms with E-state index in [9.17, 15) is 0 Å². The van der Waals surface area contributed by atoms with Crippen molar-refractivity contribution in [1.29, 1.82) is 0 Å². The molecule has 1 N–H and O–H groups in total. The summed E-state index contributed by atoms with van der Waals surface area (Å²) in [5, 5.41) is 3.62. The Bertz CT molecular complexity index is 842. The maximum atomic E-state index is 5.32. The Hall–Kier alpha value is -2.78. The van der Waals surface area contributed by atoms with Crippen LogP contribution in [-0.4, -0.2) is 27.7 Å². The molecule has 29 heavy (non-hydrogen) atoms. The molecule has 0 radical (unpaired) electrons.